The molecule has 1 aliphatic heterocycles. The van der Waals surface area contributed by atoms with E-state index in [-0.39, 0.29) is 30.4 Å². The Hall–Kier alpha value is -4.54. The number of aromatic nitrogens is 3. The van der Waals surface area contributed by atoms with Gasteiger partial charge in [-0.15, -0.1) is 0 Å². The molecule has 3 aromatic carbocycles. The average molecular weight is 590 g/mol. The SMILES string of the molecule is CN(CCc1ccccn1)C[C@@H]1C[C@H](c2ccc(CO)cc2)O[C@H](c2ccc(NC(=O)c3cnc4ccccc4n3)cc2)O1. The van der Waals surface area contributed by atoms with Gasteiger partial charge in [0.05, 0.1) is 36.0 Å². The van der Waals surface area contributed by atoms with E-state index in [0.717, 1.165) is 47.4 Å². The Morgan fingerprint density at radius 3 is 2.41 bits per heavy atom. The molecule has 1 fully saturated rings. The van der Waals surface area contributed by atoms with E-state index in [9.17, 15) is 9.90 Å². The summed E-state index contributed by atoms with van der Waals surface area (Å²) in [6.45, 7) is 1.59. The minimum Gasteiger partial charge on any atom is -0.392 e. The molecular weight excluding hydrogens is 554 g/mol. The molecule has 0 aliphatic carbocycles. The van der Waals surface area contributed by atoms with Crippen molar-refractivity contribution >= 4 is 22.6 Å². The van der Waals surface area contributed by atoms with Crippen LogP contribution in [0.15, 0.2) is 103 Å². The molecule has 9 heteroatoms. The van der Waals surface area contributed by atoms with Gasteiger partial charge in [0.15, 0.2) is 6.29 Å². The van der Waals surface area contributed by atoms with Crippen LogP contribution in [0.2, 0.25) is 0 Å². The first-order valence-electron chi connectivity index (χ1n) is 14.8. The van der Waals surface area contributed by atoms with E-state index in [0.29, 0.717) is 17.6 Å². The second kappa shape index (κ2) is 13.8. The highest BCUT2D eigenvalue weighted by molar-refractivity contribution is 6.03. The first-order valence-corrected chi connectivity index (χ1v) is 14.8. The maximum absolute atomic E-state index is 12.9. The highest BCUT2D eigenvalue weighted by Crippen LogP contribution is 2.38. The molecule has 224 valence electrons. The lowest BCUT2D eigenvalue weighted by molar-refractivity contribution is -0.252. The van der Waals surface area contributed by atoms with E-state index >= 15 is 0 Å². The standard InChI is InChI=1S/C35H35N5O4/c1-40(19-17-27-6-4-5-18-36-27)22-29-20-33(25-11-9-24(23-41)10-12-25)44-35(43-29)26-13-15-28(16-14-26)38-34(42)32-21-37-30-7-2-3-8-31(30)39-32/h2-16,18,21,29,33,35,41H,17,19-20,22-23H2,1H3,(H,38,42)/t29-,33+,35+/m0/s1. The van der Waals surface area contributed by atoms with Gasteiger partial charge in [0.25, 0.3) is 5.91 Å². The molecule has 2 aromatic heterocycles. The number of aliphatic hydroxyl groups excluding tert-OH is 1. The average Bonchev–Trinajstić information content (AvgIpc) is 3.08. The minimum atomic E-state index is -0.587. The summed E-state index contributed by atoms with van der Waals surface area (Å²) in [5.74, 6) is -0.332. The lowest BCUT2D eigenvalue weighted by Gasteiger charge is -2.38. The van der Waals surface area contributed by atoms with Crippen molar-refractivity contribution in [2.75, 3.05) is 25.5 Å². The molecule has 2 N–H and O–H groups in total. The lowest BCUT2D eigenvalue weighted by atomic mass is 9.99. The number of amides is 1. The third-order valence-corrected chi connectivity index (χ3v) is 7.73. The molecule has 0 bridgehead atoms. The first-order chi connectivity index (χ1) is 21.5. The number of hydrogen-bond acceptors (Lipinski definition) is 8. The molecule has 44 heavy (non-hydrogen) atoms. The Morgan fingerprint density at radius 1 is 0.909 bits per heavy atom. The van der Waals surface area contributed by atoms with Gasteiger partial charge in [0, 0.05) is 49.1 Å². The molecule has 0 spiro atoms. The molecule has 1 saturated heterocycles. The number of rotatable bonds is 10. The van der Waals surface area contributed by atoms with E-state index in [1.165, 1.54) is 6.20 Å². The topological polar surface area (TPSA) is 110 Å². The molecule has 5 aromatic rings. The van der Waals surface area contributed by atoms with Crippen molar-refractivity contribution in [3.05, 3.63) is 131 Å². The molecule has 9 nitrogen and oxygen atoms in total. The number of para-hydroxylation sites is 2. The first kappa shape index (κ1) is 29.5. The number of pyridine rings is 1. The van der Waals surface area contributed by atoms with Gasteiger partial charge in [0.1, 0.15) is 5.69 Å². The van der Waals surface area contributed by atoms with Crippen LogP contribution >= 0.6 is 0 Å². The van der Waals surface area contributed by atoms with Crippen LogP contribution in [0.3, 0.4) is 0 Å². The third-order valence-electron chi connectivity index (χ3n) is 7.73. The highest BCUT2D eigenvalue weighted by Gasteiger charge is 2.32. The van der Waals surface area contributed by atoms with Crippen molar-refractivity contribution in [3.8, 4) is 0 Å². The van der Waals surface area contributed by atoms with Crippen LogP contribution < -0.4 is 5.32 Å². The number of anilines is 1. The lowest BCUT2D eigenvalue weighted by Crippen LogP contribution is -2.38. The summed E-state index contributed by atoms with van der Waals surface area (Å²) in [5, 5.41) is 12.4. The van der Waals surface area contributed by atoms with Crippen molar-refractivity contribution < 1.29 is 19.4 Å². The molecule has 0 radical (unpaired) electrons. The Balaban J connectivity index is 1.14. The van der Waals surface area contributed by atoms with Gasteiger partial charge in [-0.05, 0) is 54.6 Å². The number of hydrogen-bond donors (Lipinski definition) is 2. The Morgan fingerprint density at radius 2 is 1.66 bits per heavy atom. The number of carbonyl (C=O) groups is 1. The summed E-state index contributed by atoms with van der Waals surface area (Å²) in [6, 6.07) is 28.8. The van der Waals surface area contributed by atoms with Crippen LogP contribution in [0.5, 0.6) is 0 Å². The number of nitrogens with zero attached hydrogens (tertiary/aromatic N) is 4. The molecule has 3 atom stereocenters. The predicted octanol–water partition coefficient (Wildman–Crippen LogP) is 5.49. The van der Waals surface area contributed by atoms with Crippen molar-refractivity contribution in [2.45, 2.75) is 37.9 Å². The van der Waals surface area contributed by atoms with Gasteiger partial charge in [-0.3, -0.25) is 14.8 Å². The number of ether oxygens (including phenoxy) is 2. The summed E-state index contributed by atoms with van der Waals surface area (Å²) in [4.78, 5) is 28.4. The summed E-state index contributed by atoms with van der Waals surface area (Å²) >= 11 is 0. The number of carbonyl (C=O) groups excluding carboxylic acids is 1. The van der Waals surface area contributed by atoms with Gasteiger partial charge in [-0.1, -0.05) is 54.6 Å². The zero-order chi connectivity index (χ0) is 30.3. The normalized spacial score (nSPS) is 18.4. The van der Waals surface area contributed by atoms with Gasteiger partial charge in [-0.25, -0.2) is 4.98 Å². The molecule has 0 saturated carbocycles. The van der Waals surface area contributed by atoms with E-state index in [4.69, 9.17) is 9.47 Å². The molecule has 1 amide bonds. The van der Waals surface area contributed by atoms with Gasteiger partial charge in [-0.2, -0.15) is 0 Å². The van der Waals surface area contributed by atoms with E-state index in [1.807, 2.05) is 97.2 Å². The van der Waals surface area contributed by atoms with Crippen molar-refractivity contribution in [2.24, 2.45) is 0 Å². The molecule has 6 rings (SSSR count). The summed E-state index contributed by atoms with van der Waals surface area (Å²) < 4.78 is 13.0. The molecule has 3 heterocycles. The third kappa shape index (κ3) is 7.32. The number of aliphatic hydroxyl groups is 1. The van der Waals surface area contributed by atoms with E-state index in [1.54, 1.807) is 0 Å². The molecule has 0 unspecified atom stereocenters. The second-order valence-corrected chi connectivity index (χ2v) is 11.0. The van der Waals surface area contributed by atoms with Gasteiger partial charge >= 0.3 is 0 Å². The van der Waals surface area contributed by atoms with Crippen LogP contribution in [0, 0.1) is 0 Å². The number of benzene rings is 3. The summed E-state index contributed by atoms with van der Waals surface area (Å²) in [5.41, 5.74) is 6.09. The van der Waals surface area contributed by atoms with Crippen LogP contribution in [-0.4, -0.2) is 57.1 Å². The largest absolute Gasteiger partial charge is 0.392 e. The van der Waals surface area contributed by atoms with Crippen molar-refractivity contribution in [1.29, 1.82) is 0 Å². The Labute approximate surface area is 256 Å². The predicted molar refractivity (Wildman–Crippen MR) is 168 cm³/mol. The highest BCUT2D eigenvalue weighted by atomic mass is 16.7. The van der Waals surface area contributed by atoms with Gasteiger partial charge < -0.3 is 24.8 Å². The minimum absolute atomic E-state index is 0.00242. The van der Waals surface area contributed by atoms with Crippen molar-refractivity contribution in [1.82, 2.24) is 19.9 Å². The fourth-order valence-corrected chi connectivity index (χ4v) is 5.31. The van der Waals surface area contributed by atoms with Gasteiger partial charge in [0.2, 0.25) is 0 Å². The fraction of sp³-hybridized carbons (Fsp3) is 0.257. The second-order valence-electron chi connectivity index (χ2n) is 11.0. The molecule has 1 aliphatic rings. The van der Waals surface area contributed by atoms with Crippen LogP contribution in [0.1, 0.15) is 51.7 Å². The number of fused-ring (bicyclic) bond motifs is 1. The Bertz CT molecular complexity index is 1680. The maximum Gasteiger partial charge on any atom is 0.275 e. The summed E-state index contributed by atoms with van der Waals surface area (Å²) in [7, 11) is 2.10. The Kier molecular flexibility index (Phi) is 9.28. The zero-order valence-corrected chi connectivity index (χ0v) is 24.5. The fourth-order valence-electron chi connectivity index (χ4n) is 5.31. The van der Waals surface area contributed by atoms with Crippen molar-refractivity contribution in [3.63, 3.8) is 0 Å². The maximum atomic E-state index is 12.9. The van der Waals surface area contributed by atoms with E-state index in [2.05, 4.69) is 32.2 Å². The van der Waals surface area contributed by atoms with Crippen LogP contribution in [0.4, 0.5) is 5.69 Å². The quantitative estimate of drug-likeness (QED) is 0.220. The smallest absolute Gasteiger partial charge is 0.275 e. The monoisotopic (exact) mass is 589 g/mol. The summed E-state index contributed by atoms with van der Waals surface area (Å²) in [6.07, 6.45) is 4.02. The number of nitrogens with one attached hydrogen (secondary N) is 1. The zero-order valence-electron chi connectivity index (χ0n) is 24.5. The van der Waals surface area contributed by atoms with E-state index < -0.39 is 6.29 Å². The van der Waals surface area contributed by atoms with Crippen LogP contribution in [-0.2, 0) is 22.5 Å². The number of likely N-dealkylation sites (N-methyl/N-ethyl adjacent to an activating group) is 1. The van der Waals surface area contributed by atoms with Crippen LogP contribution in [0.25, 0.3) is 11.0 Å². The molecular formula is C35H35N5O4.